The van der Waals surface area contributed by atoms with Crippen LogP contribution in [0, 0.1) is 0 Å². The Morgan fingerprint density at radius 2 is 1.71 bits per heavy atom. The molecule has 6 nitrogen and oxygen atoms in total. The highest BCUT2D eigenvalue weighted by molar-refractivity contribution is 5.77. The quantitative estimate of drug-likeness (QED) is 0.609. The molecule has 6 heteroatoms. The fraction of sp³-hybridized carbons (Fsp3) is 0.360. The molecule has 3 heterocycles. The van der Waals surface area contributed by atoms with E-state index in [1.54, 1.807) is 0 Å². The largest absolute Gasteiger partial charge is 0.454 e. The Balaban J connectivity index is 1.42. The molecule has 0 unspecified atom stereocenters. The molecule has 1 saturated heterocycles. The van der Waals surface area contributed by atoms with E-state index in [1.165, 1.54) is 12.8 Å². The number of para-hydroxylation sites is 1. The Hall–Kier alpha value is -3.28. The third kappa shape index (κ3) is 4.29. The van der Waals surface area contributed by atoms with E-state index in [0.717, 1.165) is 59.9 Å². The first-order chi connectivity index (χ1) is 15.3. The van der Waals surface area contributed by atoms with Crippen molar-refractivity contribution in [3.05, 3.63) is 60.3 Å². The third-order valence-electron chi connectivity index (χ3n) is 6.02. The van der Waals surface area contributed by atoms with Gasteiger partial charge in [0.2, 0.25) is 12.7 Å². The van der Waals surface area contributed by atoms with Gasteiger partial charge in [-0.05, 0) is 55.2 Å². The zero-order valence-electron chi connectivity index (χ0n) is 17.6. The van der Waals surface area contributed by atoms with Gasteiger partial charge in [-0.25, -0.2) is 4.68 Å². The van der Waals surface area contributed by atoms with Gasteiger partial charge in [-0.1, -0.05) is 31.0 Å². The zero-order chi connectivity index (χ0) is 21.0. The second-order valence-corrected chi connectivity index (χ2v) is 8.15. The topological polar surface area (TPSA) is 56.6 Å². The van der Waals surface area contributed by atoms with Crippen LogP contribution in [0.25, 0.3) is 16.9 Å². The molecule has 31 heavy (non-hydrogen) atoms. The SMILES string of the molecule is O=C(CCc1cn(-c2ccccc2)nc1-c1ccc2c(c1)OCO2)N1CCCCCC1. The van der Waals surface area contributed by atoms with Crippen LogP contribution in [0.5, 0.6) is 11.5 Å². The summed E-state index contributed by atoms with van der Waals surface area (Å²) in [5, 5.41) is 4.88. The number of carbonyl (C=O) groups is 1. The molecular formula is C25H27N3O3. The van der Waals surface area contributed by atoms with E-state index < -0.39 is 0 Å². The van der Waals surface area contributed by atoms with Crippen molar-refractivity contribution in [3.63, 3.8) is 0 Å². The lowest BCUT2D eigenvalue weighted by atomic mass is 10.0. The highest BCUT2D eigenvalue weighted by atomic mass is 16.7. The van der Waals surface area contributed by atoms with Crippen LogP contribution in [-0.4, -0.2) is 40.5 Å². The summed E-state index contributed by atoms with van der Waals surface area (Å²) in [6.45, 7) is 2.02. The molecule has 1 amide bonds. The number of carbonyl (C=O) groups excluding carboxylic acids is 1. The number of hydrogen-bond donors (Lipinski definition) is 0. The maximum absolute atomic E-state index is 12.9. The second-order valence-electron chi connectivity index (χ2n) is 8.15. The number of aromatic nitrogens is 2. The lowest BCUT2D eigenvalue weighted by molar-refractivity contribution is -0.131. The second kappa shape index (κ2) is 8.84. The van der Waals surface area contributed by atoms with Gasteiger partial charge in [-0.2, -0.15) is 5.10 Å². The number of rotatable bonds is 5. The van der Waals surface area contributed by atoms with E-state index in [0.29, 0.717) is 12.8 Å². The number of aryl methyl sites for hydroxylation is 1. The predicted octanol–water partition coefficient (Wildman–Crippen LogP) is 4.60. The van der Waals surface area contributed by atoms with Crippen molar-refractivity contribution in [3.8, 4) is 28.4 Å². The van der Waals surface area contributed by atoms with Gasteiger partial charge in [0.15, 0.2) is 11.5 Å². The van der Waals surface area contributed by atoms with Crippen LogP contribution < -0.4 is 9.47 Å². The average Bonchev–Trinajstić information content (AvgIpc) is 3.36. The number of fused-ring (bicyclic) bond motifs is 1. The summed E-state index contributed by atoms with van der Waals surface area (Å²) in [5.74, 6) is 1.73. The molecule has 0 bridgehead atoms. The number of amides is 1. The molecule has 0 spiro atoms. The maximum atomic E-state index is 12.9. The normalized spacial score (nSPS) is 15.7. The average molecular weight is 418 g/mol. The summed E-state index contributed by atoms with van der Waals surface area (Å²) in [7, 11) is 0. The van der Waals surface area contributed by atoms with Crippen LogP contribution in [0.1, 0.15) is 37.7 Å². The smallest absolute Gasteiger partial charge is 0.231 e. The standard InChI is InChI=1S/C25H27N3O3/c29-24(27-14-6-1-2-7-15-27)13-11-20-17-28(21-8-4-3-5-9-21)26-25(20)19-10-12-22-23(16-19)31-18-30-22/h3-5,8-10,12,16-17H,1-2,6-7,11,13-15,18H2. The fourth-order valence-electron chi connectivity index (χ4n) is 4.31. The molecule has 1 fully saturated rings. The molecule has 3 aromatic rings. The minimum absolute atomic E-state index is 0.242. The number of hydrogen-bond acceptors (Lipinski definition) is 4. The van der Waals surface area contributed by atoms with Gasteiger partial charge in [0.25, 0.3) is 0 Å². The van der Waals surface area contributed by atoms with Crippen LogP contribution in [0.4, 0.5) is 0 Å². The molecule has 5 rings (SSSR count). The molecule has 0 aliphatic carbocycles. The first kappa shape index (κ1) is 19.7. The van der Waals surface area contributed by atoms with E-state index in [9.17, 15) is 4.79 Å². The molecule has 0 saturated carbocycles. The Morgan fingerprint density at radius 1 is 0.935 bits per heavy atom. The van der Waals surface area contributed by atoms with Crippen molar-refractivity contribution < 1.29 is 14.3 Å². The first-order valence-corrected chi connectivity index (χ1v) is 11.1. The van der Waals surface area contributed by atoms with E-state index in [1.807, 2.05) is 64.3 Å². The van der Waals surface area contributed by atoms with Crippen molar-refractivity contribution >= 4 is 5.91 Å². The number of nitrogens with zero attached hydrogens (tertiary/aromatic N) is 3. The minimum Gasteiger partial charge on any atom is -0.454 e. The minimum atomic E-state index is 0.242. The molecule has 0 N–H and O–H groups in total. The Bertz CT molecular complexity index is 1050. The maximum Gasteiger partial charge on any atom is 0.231 e. The zero-order valence-corrected chi connectivity index (χ0v) is 17.6. The van der Waals surface area contributed by atoms with Gasteiger partial charge in [-0.3, -0.25) is 4.79 Å². The molecule has 0 atom stereocenters. The third-order valence-corrected chi connectivity index (χ3v) is 6.02. The van der Waals surface area contributed by atoms with Crippen LogP contribution in [0.2, 0.25) is 0 Å². The van der Waals surface area contributed by atoms with Crippen molar-refractivity contribution in [2.75, 3.05) is 19.9 Å². The monoisotopic (exact) mass is 417 g/mol. The van der Waals surface area contributed by atoms with Crippen LogP contribution in [-0.2, 0) is 11.2 Å². The lowest BCUT2D eigenvalue weighted by Gasteiger charge is -2.20. The van der Waals surface area contributed by atoms with Crippen LogP contribution in [0.3, 0.4) is 0 Å². The van der Waals surface area contributed by atoms with Gasteiger partial charge in [0, 0.05) is 31.3 Å². The molecule has 0 radical (unpaired) electrons. The molecule has 160 valence electrons. The number of likely N-dealkylation sites (tertiary alicyclic amines) is 1. The number of ether oxygens (including phenoxy) is 2. The van der Waals surface area contributed by atoms with E-state index in [2.05, 4.69) is 0 Å². The summed E-state index contributed by atoms with van der Waals surface area (Å²) in [5.41, 5.74) is 3.91. The van der Waals surface area contributed by atoms with Crippen molar-refractivity contribution in [1.29, 1.82) is 0 Å². The predicted molar refractivity (Wildman–Crippen MR) is 118 cm³/mol. The first-order valence-electron chi connectivity index (χ1n) is 11.1. The fourth-order valence-corrected chi connectivity index (χ4v) is 4.31. The summed E-state index contributed by atoms with van der Waals surface area (Å²) in [6, 6.07) is 16.0. The van der Waals surface area contributed by atoms with Gasteiger partial charge >= 0.3 is 0 Å². The van der Waals surface area contributed by atoms with Crippen LogP contribution >= 0.6 is 0 Å². The van der Waals surface area contributed by atoms with Crippen molar-refractivity contribution in [2.45, 2.75) is 38.5 Å². The van der Waals surface area contributed by atoms with Gasteiger partial charge in [0.1, 0.15) is 0 Å². The van der Waals surface area contributed by atoms with E-state index in [-0.39, 0.29) is 12.7 Å². The van der Waals surface area contributed by atoms with Crippen molar-refractivity contribution in [2.24, 2.45) is 0 Å². The summed E-state index contributed by atoms with van der Waals surface area (Å²) in [4.78, 5) is 14.9. The Labute approximate surface area is 182 Å². The molecule has 2 aromatic carbocycles. The number of benzene rings is 2. The molecule has 2 aliphatic heterocycles. The highest BCUT2D eigenvalue weighted by Crippen LogP contribution is 2.36. The van der Waals surface area contributed by atoms with E-state index >= 15 is 0 Å². The Kier molecular flexibility index (Phi) is 5.61. The Morgan fingerprint density at radius 3 is 2.52 bits per heavy atom. The highest BCUT2D eigenvalue weighted by Gasteiger charge is 2.20. The summed E-state index contributed by atoms with van der Waals surface area (Å²) < 4.78 is 12.9. The molecular weight excluding hydrogens is 390 g/mol. The van der Waals surface area contributed by atoms with Gasteiger partial charge in [-0.15, -0.1) is 0 Å². The van der Waals surface area contributed by atoms with Crippen LogP contribution in [0.15, 0.2) is 54.7 Å². The van der Waals surface area contributed by atoms with Gasteiger partial charge < -0.3 is 14.4 Å². The molecule has 1 aromatic heterocycles. The summed E-state index contributed by atoms with van der Waals surface area (Å²) >= 11 is 0. The van der Waals surface area contributed by atoms with Crippen molar-refractivity contribution in [1.82, 2.24) is 14.7 Å². The molecule has 2 aliphatic rings. The van der Waals surface area contributed by atoms with Gasteiger partial charge in [0.05, 0.1) is 11.4 Å². The van der Waals surface area contributed by atoms with E-state index in [4.69, 9.17) is 14.6 Å². The lowest BCUT2D eigenvalue weighted by Crippen LogP contribution is -2.31. The summed E-state index contributed by atoms with van der Waals surface area (Å²) in [6.07, 6.45) is 7.87.